The highest BCUT2D eigenvalue weighted by molar-refractivity contribution is 8.00. The molecule has 2 heterocycles. The molecule has 2 atom stereocenters. The van der Waals surface area contributed by atoms with E-state index < -0.39 is 0 Å². The molecule has 0 N–H and O–H groups in total. The third-order valence-corrected chi connectivity index (χ3v) is 4.08. The fraction of sp³-hybridized carbons (Fsp3) is 0.308. The number of thioether (sulfide) groups is 1. The van der Waals surface area contributed by atoms with Crippen LogP contribution >= 0.6 is 11.8 Å². The smallest absolute Gasteiger partial charge is 0.319 e. The Kier molecular flexibility index (Phi) is 3.25. The summed E-state index contributed by atoms with van der Waals surface area (Å²) in [4.78, 5) is 11.7. The predicted octanol–water partition coefficient (Wildman–Crippen LogP) is 2.06. The summed E-state index contributed by atoms with van der Waals surface area (Å²) in [6, 6.07) is 9.81. The van der Waals surface area contributed by atoms with Gasteiger partial charge in [0.05, 0.1) is 0 Å². The van der Waals surface area contributed by atoms with Gasteiger partial charge in [0.1, 0.15) is 17.7 Å². The van der Waals surface area contributed by atoms with Crippen LogP contribution in [0.4, 0.5) is 0 Å². The SMILES string of the molecule is C[C@@H]1C[C@@H](Sc2nncn2-c2ccccc2)C(=O)O1. The van der Waals surface area contributed by atoms with Gasteiger partial charge in [-0.25, -0.2) is 0 Å². The highest BCUT2D eigenvalue weighted by Crippen LogP contribution is 2.31. The molecule has 0 saturated carbocycles. The number of carbonyl (C=O) groups is 1. The molecule has 6 heteroatoms. The van der Waals surface area contributed by atoms with E-state index in [0.717, 1.165) is 5.69 Å². The molecule has 1 saturated heterocycles. The van der Waals surface area contributed by atoms with Crippen molar-refractivity contribution in [2.24, 2.45) is 0 Å². The minimum Gasteiger partial charge on any atom is -0.462 e. The number of hydrogen-bond acceptors (Lipinski definition) is 5. The normalized spacial score (nSPS) is 22.5. The Hall–Kier alpha value is -1.82. The monoisotopic (exact) mass is 275 g/mol. The molecule has 2 aromatic rings. The van der Waals surface area contributed by atoms with Crippen LogP contribution in [0.5, 0.6) is 0 Å². The average Bonchev–Trinajstić information content (AvgIpc) is 2.98. The molecule has 19 heavy (non-hydrogen) atoms. The van der Waals surface area contributed by atoms with Gasteiger partial charge >= 0.3 is 5.97 Å². The van der Waals surface area contributed by atoms with Crippen molar-refractivity contribution in [3.63, 3.8) is 0 Å². The van der Waals surface area contributed by atoms with Crippen molar-refractivity contribution < 1.29 is 9.53 Å². The van der Waals surface area contributed by atoms with Crippen LogP contribution in [0.25, 0.3) is 5.69 Å². The molecule has 5 nitrogen and oxygen atoms in total. The van der Waals surface area contributed by atoms with Gasteiger partial charge in [-0.3, -0.25) is 9.36 Å². The molecular formula is C13H13N3O2S. The molecule has 98 valence electrons. The Bertz CT molecular complexity index is 585. The van der Waals surface area contributed by atoms with E-state index in [1.807, 2.05) is 41.8 Å². The van der Waals surface area contributed by atoms with Gasteiger partial charge in [-0.05, 0) is 19.1 Å². The van der Waals surface area contributed by atoms with Gasteiger partial charge in [0.15, 0.2) is 5.16 Å². The van der Waals surface area contributed by atoms with Crippen LogP contribution < -0.4 is 0 Å². The van der Waals surface area contributed by atoms with Gasteiger partial charge in [-0.1, -0.05) is 30.0 Å². The summed E-state index contributed by atoms with van der Waals surface area (Å²) in [5.74, 6) is -0.167. The fourth-order valence-corrected chi connectivity index (χ4v) is 3.15. The van der Waals surface area contributed by atoms with Gasteiger partial charge in [-0.2, -0.15) is 0 Å². The summed E-state index contributed by atoms with van der Waals surface area (Å²) >= 11 is 1.41. The molecule has 1 aromatic heterocycles. The van der Waals surface area contributed by atoms with Crippen molar-refractivity contribution in [2.75, 3.05) is 0 Å². The van der Waals surface area contributed by atoms with Crippen LogP contribution in [0, 0.1) is 0 Å². The predicted molar refractivity (Wildman–Crippen MR) is 71.2 cm³/mol. The Morgan fingerprint density at radius 1 is 1.37 bits per heavy atom. The number of cyclic esters (lactones) is 1. The first kappa shape index (κ1) is 12.2. The fourth-order valence-electron chi connectivity index (χ4n) is 2.01. The summed E-state index contributed by atoms with van der Waals surface area (Å²) in [6.07, 6.45) is 2.35. The maximum atomic E-state index is 11.7. The van der Waals surface area contributed by atoms with Crippen LogP contribution in [0.3, 0.4) is 0 Å². The Morgan fingerprint density at radius 2 is 2.16 bits per heavy atom. The average molecular weight is 275 g/mol. The Balaban J connectivity index is 1.83. The summed E-state index contributed by atoms with van der Waals surface area (Å²) in [5, 5.41) is 8.53. The molecule has 3 rings (SSSR count). The first-order valence-corrected chi connectivity index (χ1v) is 6.94. The number of benzene rings is 1. The summed E-state index contributed by atoms with van der Waals surface area (Å²) in [5.41, 5.74) is 0.981. The number of nitrogens with zero attached hydrogens (tertiary/aromatic N) is 3. The number of ether oxygens (including phenoxy) is 1. The van der Waals surface area contributed by atoms with Crippen LogP contribution in [-0.2, 0) is 9.53 Å². The largest absolute Gasteiger partial charge is 0.462 e. The van der Waals surface area contributed by atoms with Crippen molar-refractivity contribution >= 4 is 17.7 Å². The summed E-state index contributed by atoms with van der Waals surface area (Å²) in [7, 11) is 0. The van der Waals surface area contributed by atoms with Crippen molar-refractivity contribution in [3.05, 3.63) is 36.7 Å². The number of carbonyl (C=O) groups excluding carboxylic acids is 1. The lowest BCUT2D eigenvalue weighted by atomic mass is 10.3. The van der Waals surface area contributed by atoms with Gasteiger partial charge in [0, 0.05) is 12.1 Å². The zero-order valence-corrected chi connectivity index (χ0v) is 11.2. The zero-order chi connectivity index (χ0) is 13.2. The minimum atomic E-state index is -0.193. The van der Waals surface area contributed by atoms with Gasteiger partial charge in [0.2, 0.25) is 0 Å². The lowest BCUT2D eigenvalue weighted by molar-refractivity contribution is -0.140. The van der Waals surface area contributed by atoms with Crippen molar-refractivity contribution in [3.8, 4) is 5.69 Å². The van der Waals surface area contributed by atoms with Crippen LogP contribution in [0.2, 0.25) is 0 Å². The van der Waals surface area contributed by atoms with Gasteiger partial charge in [-0.15, -0.1) is 10.2 Å². The molecule has 0 spiro atoms. The second kappa shape index (κ2) is 5.05. The number of esters is 1. The number of hydrogen-bond donors (Lipinski definition) is 0. The topological polar surface area (TPSA) is 57.0 Å². The second-order valence-corrected chi connectivity index (χ2v) is 5.58. The van der Waals surface area contributed by atoms with Crippen molar-refractivity contribution in [1.82, 2.24) is 14.8 Å². The van der Waals surface area contributed by atoms with E-state index in [1.165, 1.54) is 11.8 Å². The van der Waals surface area contributed by atoms with Crippen LogP contribution in [-0.4, -0.2) is 32.1 Å². The molecule has 1 aliphatic rings. The van der Waals surface area contributed by atoms with Crippen molar-refractivity contribution in [2.45, 2.75) is 29.9 Å². The van der Waals surface area contributed by atoms with E-state index in [4.69, 9.17) is 4.74 Å². The molecular weight excluding hydrogens is 262 g/mol. The summed E-state index contributed by atoms with van der Waals surface area (Å²) < 4.78 is 7.03. The number of aromatic nitrogens is 3. The van der Waals surface area contributed by atoms with Gasteiger partial charge < -0.3 is 4.74 Å². The molecule has 0 aliphatic carbocycles. The van der Waals surface area contributed by atoms with E-state index in [9.17, 15) is 4.79 Å². The van der Waals surface area contributed by atoms with Crippen LogP contribution in [0.1, 0.15) is 13.3 Å². The zero-order valence-electron chi connectivity index (χ0n) is 10.4. The lowest BCUT2D eigenvalue weighted by Crippen LogP contribution is -2.10. The molecule has 1 fully saturated rings. The first-order valence-electron chi connectivity index (χ1n) is 6.06. The molecule has 1 aliphatic heterocycles. The molecule has 1 aromatic carbocycles. The molecule has 0 amide bonds. The minimum absolute atomic E-state index is 0.0157. The Labute approximate surface area is 115 Å². The quantitative estimate of drug-likeness (QED) is 0.803. The third-order valence-electron chi connectivity index (χ3n) is 2.92. The lowest BCUT2D eigenvalue weighted by Gasteiger charge is -2.07. The van der Waals surface area contributed by atoms with E-state index in [0.29, 0.717) is 11.6 Å². The number of rotatable bonds is 3. The first-order chi connectivity index (χ1) is 9.24. The third kappa shape index (κ3) is 2.49. The van der Waals surface area contributed by atoms with E-state index in [-0.39, 0.29) is 17.3 Å². The van der Waals surface area contributed by atoms with E-state index in [2.05, 4.69) is 10.2 Å². The molecule has 0 bridgehead atoms. The van der Waals surface area contributed by atoms with E-state index in [1.54, 1.807) is 6.33 Å². The number of para-hydroxylation sites is 1. The van der Waals surface area contributed by atoms with E-state index >= 15 is 0 Å². The Morgan fingerprint density at radius 3 is 2.84 bits per heavy atom. The van der Waals surface area contributed by atoms with Gasteiger partial charge in [0.25, 0.3) is 0 Å². The summed E-state index contributed by atoms with van der Waals surface area (Å²) in [6.45, 7) is 1.90. The van der Waals surface area contributed by atoms with Crippen molar-refractivity contribution in [1.29, 1.82) is 0 Å². The molecule has 0 unspecified atom stereocenters. The highest BCUT2D eigenvalue weighted by atomic mass is 32.2. The molecule has 0 radical (unpaired) electrons. The van der Waals surface area contributed by atoms with Crippen LogP contribution in [0.15, 0.2) is 41.8 Å². The standard InChI is InChI=1S/C13H13N3O2S/c1-9-7-11(12(17)18-9)19-13-15-14-8-16(13)10-5-3-2-4-6-10/h2-6,8-9,11H,7H2,1H3/t9-,11-/m1/s1. The highest BCUT2D eigenvalue weighted by Gasteiger charge is 2.33. The maximum absolute atomic E-state index is 11.7. The second-order valence-electron chi connectivity index (χ2n) is 4.41. The maximum Gasteiger partial charge on any atom is 0.319 e.